The van der Waals surface area contributed by atoms with Gasteiger partial charge in [0.15, 0.2) is 0 Å². The third kappa shape index (κ3) is 3.40. The Morgan fingerprint density at radius 1 is 1.21 bits per heavy atom. The zero-order valence-electron chi connectivity index (χ0n) is 14.0. The largest absolute Gasteiger partial charge is 0.481 e. The van der Waals surface area contributed by atoms with Gasteiger partial charge in [-0.1, -0.05) is 24.3 Å². The second-order valence-corrected chi connectivity index (χ2v) is 5.78. The van der Waals surface area contributed by atoms with Gasteiger partial charge in [-0.2, -0.15) is 0 Å². The average Bonchev–Trinajstić information content (AvgIpc) is 3.03. The van der Waals surface area contributed by atoms with Gasteiger partial charge in [0, 0.05) is 42.3 Å². The molecular weight excluding hydrogens is 302 g/mol. The highest BCUT2D eigenvalue weighted by Crippen LogP contribution is 2.20. The van der Waals surface area contributed by atoms with Crippen LogP contribution in [0.25, 0.3) is 10.9 Å². The molecule has 0 radical (unpaired) electrons. The van der Waals surface area contributed by atoms with Crippen LogP contribution >= 0.6 is 0 Å². The molecule has 1 aromatic carbocycles. The fourth-order valence-corrected chi connectivity index (χ4v) is 2.84. The summed E-state index contributed by atoms with van der Waals surface area (Å²) in [5, 5.41) is 1.18. The molecule has 0 atom stereocenters. The quantitative estimate of drug-likeness (QED) is 0.758. The molecule has 0 aliphatic rings. The zero-order chi connectivity index (χ0) is 16.9. The van der Waals surface area contributed by atoms with Crippen molar-refractivity contribution in [3.63, 3.8) is 0 Å². The van der Waals surface area contributed by atoms with Crippen molar-refractivity contribution in [1.82, 2.24) is 14.9 Å². The Balaban J connectivity index is 1.62. The number of ether oxygens (including phenoxy) is 1. The zero-order valence-corrected chi connectivity index (χ0v) is 14.0. The number of carbonyl (C=O) groups excluding carboxylic acids is 1. The number of pyridine rings is 1. The first kappa shape index (κ1) is 16.1. The Morgan fingerprint density at radius 2 is 2.04 bits per heavy atom. The number of rotatable bonds is 6. The Hall–Kier alpha value is -2.82. The Kier molecular flexibility index (Phi) is 4.79. The summed E-state index contributed by atoms with van der Waals surface area (Å²) in [7, 11) is 3.40. The van der Waals surface area contributed by atoms with E-state index in [9.17, 15) is 4.79 Å². The van der Waals surface area contributed by atoms with Gasteiger partial charge in [0.2, 0.25) is 11.8 Å². The van der Waals surface area contributed by atoms with Gasteiger partial charge >= 0.3 is 0 Å². The van der Waals surface area contributed by atoms with E-state index in [2.05, 4.69) is 16.0 Å². The topological polar surface area (TPSA) is 58.2 Å². The molecule has 3 rings (SSSR count). The van der Waals surface area contributed by atoms with Crippen molar-refractivity contribution in [3.8, 4) is 5.88 Å². The van der Waals surface area contributed by atoms with Crippen LogP contribution in [-0.4, -0.2) is 34.9 Å². The van der Waals surface area contributed by atoms with Gasteiger partial charge in [0.05, 0.1) is 13.7 Å². The van der Waals surface area contributed by atoms with Crippen LogP contribution in [0.2, 0.25) is 0 Å². The molecule has 1 amide bonds. The number of carbonyl (C=O) groups is 1. The molecule has 0 bridgehead atoms. The summed E-state index contributed by atoms with van der Waals surface area (Å²) in [6, 6.07) is 11.9. The maximum absolute atomic E-state index is 12.4. The fraction of sp³-hybridized carbons (Fsp3) is 0.263. The van der Waals surface area contributed by atoms with Crippen molar-refractivity contribution in [1.29, 1.82) is 0 Å². The van der Waals surface area contributed by atoms with Gasteiger partial charge < -0.3 is 14.6 Å². The summed E-state index contributed by atoms with van der Waals surface area (Å²) in [6.45, 7) is 0.490. The summed E-state index contributed by atoms with van der Waals surface area (Å²) in [6.07, 6.45) is 4.86. The molecule has 0 spiro atoms. The number of aromatic nitrogens is 2. The number of para-hydroxylation sites is 1. The lowest BCUT2D eigenvalue weighted by Gasteiger charge is -2.18. The van der Waals surface area contributed by atoms with Crippen molar-refractivity contribution in [3.05, 3.63) is 59.9 Å². The molecule has 0 saturated heterocycles. The van der Waals surface area contributed by atoms with Crippen LogP contribution < -0.4 is 4.74 Å². The summed E-state index contributed by atoms with van der Waals surface area (Å²) < 4.78 is 5.24. The monoisotopic (exact) mass is 323 g/mol. The Labute approximate surface area is 141 Å². The summed E-state index contributed by atoms with van der Waals surface area (Å²) in [4.78, 5) is 21.6. The SMILES string of the molecule is COc1ncccc1CN(C)C(=O)CCc1c[nH]c2ccccc12. The number of methoxy groups -OCH3 is 1. The second-order valence-electron chi connectivity index (χ2n) is 5.78. The highest BCUT2D eigenvalue weighted by molar-refractivity contribution is 5.84. The normalized spacial score (nSPS) is 10.8. The first-order chi connectivity index (χ1) is 11.7. The van der Waals surface area contributed by atoms with Crippen LogP contribution in [0.5, 0.6) is 5.88 Å². The highest BCUT2D eigenvalue weighted by Gasteiger charge is 2.13. The van der Waals surface area contributed by atoms with Gasteiger partial charge in [-0.15, -0.1) is 0 Å². The van der Waals surface area contributed by atoms with Crippen molar-refractivity contribution >= 4 is 16.8 Å². The number of H-pyrrole nitrogens is 1. The van der Waals surface area contributed by atoms with E-state index in [1.165, 1.54) is 10.9 Å². The highest BCUT2D eigenvalue weighted by atomic mass is 16.5. The van der Waals surface area contributed by atoms with E-state index in [1.54, 1.807) is 18.2 Å². The van der Waals surface area contributed by atoms with Gasteiger partial charge in [-0.3, -0.25) is 4.79 Å². The number of amides is 1. The number of benzene rings is 1. The van der Waals surface area contributed by atoms with E-state index < -0.39 is 0 Å². The molecule has 5 nitrogen and oxygen atoms in total. The van der Waals surface area contributed by atoms with Crippen molar-refractivity contribution in [2.75, 3.05) is 14.2 Å². The average molecular weight is 323 g/mol. The number of aromatic amines is 1. The maximum atomic E-state index is 12.4. The third-order valence-electron chi connectivity index (χ3n) is 4.16. The number of hydrogen-bond acceptors (Lipinski definition) is 3. The van der Waals surface area contributed by atoms with Crippen LogP contribution in [0.4, 0.5) is 0 Å². The smallest absolute Gasteiger partial charge is 0.222 e. The first-order valence-corrected chi connectivity index (χ1v) is 7.96. The van der Waals surface area contributed by atoms with E-state index in [0.717, 1.165) is 17.5 Å². The van der Waals surface area contributed by atoms with Crippen molar-refractivity contribution in [2.24, 2.45) is 0 Å². The lowest BCUT2D eigenvalue weighted by molar-refractivity contribution is -0.130. The van der Waals surface area contributed by atoms with E-state index in [0.29, 0.717) is 18.8 Å². The molecule has 0 saturated carbocycles. The number of fused-ring (bicyclic) bond motifs is 1. The second kappa shape index (κ2) is 7.17. The predicted molar refractivity (Wildman–Crippen MR) is 93.9 cm³/mol. The molecule has 1 N–H and O–H groups in total. The first-order valence-electron chi connectivity index (χ1n) is 7.96. The van der Waals surface area contributed by atoms with Gasteiger partial charge in [0.1, 0.15) is 0 Å². The lowest BCUT2D eigenvalue weighted by Crippen LogP contribution is -2.26. The van der Waals surface area contributed by atoms with E-state index >= 15 is 0 Å². The van der Waals surface area contributed by atoms with Crippen LogP contribution in [0, 0.1) is 0 Å². The number of hydrogen-bond donors (Lipinski definition) is 1. The molecule has 24 heavy (non-hydrogen) atoms. The number of aryl methyl sites for hydroxylation is 1. The van der Waals surface area contributed by atoms with Crippen LogP contribution in [0.1, 0.15) is 17.5 Å². The molecule has 2 aromatic heterocycles. The predicted octanol–water partition coefficient (Wildman–Crippen LogP) is 3.16. The fourth-order valence-electron chi connectivity index (χ4n) is 2.84. The van der Waals surface area contributed by atoms with Gasteiger partial charge in [-0.25, -0.2) is 4.98 Å². The molecule has 3 aromatic rings. The summed E-state index contributed by atoms with van der Waals surface area (Å²) >= 11 is 0. The minimum Gasteiger partial charge on any atom is -0.481 e. The standard InChI is InChI=1S/C19H21N3O2/c1-22(13-15-6-5-11-20-19(15)24-2)18(23)10-9-14-12-21-17-8-4-3-7-16(14)17/h3-8,11-12,21H,9-10,13H2,1-2H3. The molecule has 5 heteroatoms. The maximum Gasteiger partial charge on any atom is 0.222 e. The van der Waals surface area contributed by atoms with Gasteiger partial charge in [0.25, 0.3) is 0 Å². The molecule has 0 fully saturated rings. The van der Waals surface area contributed by atoms with Crippen molar-refractivity contribution in [2.45, 2.75) is 19.4 Å². The van der Waals surface area contributed by atoms with Crippen molar-refractivity contribution < 1.29 is 9.53 Å². The number of nitrogens with one attached hydrogen (secondary N) is 1. The van der Waals surface area contributed by atoms with Crippen LogP contribution in [-0.2, 0) is 17.8 Å². The molecule has 0 aliphatic carbocycles. The summed E-state index contributed by atoms with van der Waals surface area (Å²) in [5.41, 5.74) is 3.18. The van der Waals surface area contributed by atoms with Crippen LogP contribution in [0.15, 0.2) is 48.8 Å². The molecule has 124 valence electrons. The van der Waals surface area contributed by atoms with E-state index in [4.69, 9.17) is 4.74 Å². The van der Waals surface area contributed by atoms with E-state index in [-0.39, 0.29) is 5.91 Å². The molecule has 0 aliphatic heterocycles. The molecule has 2 heterocycles. The van der Waals surface area contributed by atoms with Gasteiger partial charge in [-0.05, 0) is 24.1 Å². The minimum atomic E-state index is 0.103. The third-order valence-corrected chi connectivity index (χ3v) is 4.16. The minimum absolute atomic E-state index is 0.103. The molecule has 0 unspecified atom stereocenters. The Morgan fingerprint density at radius 3 is 2.88 bits per heavy atom. The summed E-state index contributed by atoms with van der Waals surface area (Å²) in [5.74, 6) is 0.667. The number of nitrogens with zero attached hydrogens (tertiary/aromatic N) is 2. The lowest BCUT2D eigenvalue weighted by atomic mass is 10.1. The molecular formula is C19H21N3O2. The Bertz CT molecular complexity index is 841. The van der Waals surface area contributed by atoms with E-state index in [1.807, 2.05) is 43.6 Å². The van der Waals surface area contributed by atoms with Crippen LogP contribution in [0.3, 0.4) is 0 Å².